The van der Waals surface area contributed by atoms with E-state index >= 15 is 0 Å². The molecule has 21 heavy (non-hydrogen) atoms. The molecule has 0 radical (unpaired) electrons. The normalized spacial score (nSPS) is 12.0. The summed E-state index contributed by atoms with van der Waals surface area (Å²) in [6.07, 6.45) is -5.36. The summed E-state index contributed by atoms with van der Waals surface area (Å²) >= 11 is 0. The van der Waals surface area contributed by atoms with Gasteiger partial charge in [-0.25, -0.2) is 8.42 Å². The van der Waals surface area contributed by atoms with Crippen molar-refractivity contribution in [3.05, 3.63) is 22.2 Å². The molecule has 12 heteroatoms. The third-order valence-corrected chi connectivity index (χ3v) is 3.37. The predicted octanol–water partition coefficient (Wildman–Crippen LogP) is 2.82. The zero-order chi connectivity index (χ0) is 16.4. The number of hydrogen-bond acceptors (Lipinski definition) is 6. The zero-order valence-electron chi connectivity index (χ0n) is 10.2. The number of hydrogen-bond donors (Lipinski definition) is 0. The SMILES string of the molecule is CCOc1ccc(S(=O)(=O)Cl)c(OC(F)(F)F)c1[N+](=O)[O-]. The molecular weight excluding hydrogens is 343 g/mol. The first-order chi connectivity index (χ1) is 9.47. The highest BCUT2D eigenvalue weighted by Crippen LogP contribution is 2.44. The maximum Gasteiger partial charge on any atom is 0.573 e. The van der Waals surface area contributed by atoms with E-state index in [0.717, 1.165) is 6.07 Å². The molecule has 0 spiro atoms. The maximum atomic E-state index is 12.3. The number of benzene rings is 1. The van der Waals surface area contributed by atoms with Crippen molar-refractivity contribution in [1.82, 2.24) is 0 Å². The Hall–Kier alpha value is -1.75. The van der Waals surface area contributed by atoms with Crippen LogP contribution in [0, 0.1) is 10.1 Å². The lowest BCUT2D eigenvalue weighted by atomic mass is 10.2. The summed E-state index contributed by atoms with van der Waals surface area (Å²) in [6.45, 7) is 1.33. The van der Waals surface area contributed by atoms with Crippen LogP contribution in [0.2, 0.25) is 0 Å². The first kappa shape index (κ1) is 17.3. The molecule has 0 N–H and O–H groups in total. The van der Waals surface area contributed by atoms with Crippen molar-refractivity contribution in [2.45, 2.75) is 18.2 Å². The molecular formula is C9H7ClF3NO6S. The van der Waals surface area contributed by atoms with Crippen LogP contribution in [0.4, 0.5) is 18.9 Å². The Balaban J connectivity index is 3.71. The molecule has 0 heterocycles. The number of nitrogens with zero attached hydrogens (tertiary/aromatic N) is 1. The van der Waals surface area contributed by atoms with E-state index in [9.17, 15) is 31.7 Å². The number of alkyl halides is 3. The average Bonchev–Trinajstić information content (AvgIpc) is 2.24. The van der Waals surface area contributed by atoms with Crippen molar-refractivity contribution in [3.8, 4) is 11.5 Å². The van der Waals surface area contributed by atoms with Gasteiger partial charge >= 0.3 is 12.0 Å². The third-order valence-electron chi connectivity index (χ3n) is 2.02. The zero-order valence-corrected chi connectivity index (χ0v) is 11.8. The largest absolute Gasteiger partial charge is 0.573 e. The molecule has 0 bridgehead atoms. The van der Waals surface area contributed by atoms with Crippen molar-refractivity contribution in [2.24, 2.45) is 0 Å². The van der Waals surface area contributed by atoms with Crippen molar-refractivity contribution >= 4 is 25.4 Å². The minimum absolute atomic E-state index is 0.0979. The Morgan fingerprint density at radius 1 is 1.38 bits per heavy atom. The topological polar surface area (TPSA) is 95.7 Å². The monoisotopic (exact) mass is 349 g/mol. The molecule has 0 unspecified atom stereocenters. The molecule has 0 aromatic heterocycles. The van der Waals surface area contributed by atoms with E-state index in [4.69, 9.17) is 15.4 Å². The first-order valence-corrected chi connectivity index (χ1v) is 7.43. The van der Waals surface area contributed by atoms with Crippen LogP contribution < -0.4 is 9.47 Å². The Bertz CT molecular complexity index is 660. The summed E-state index contributed by atoms with van der Waals surface area (Å²) in [5.41, 5.74) is -1.28. The van der Waals surface area contributed by atoms with Crippen LogP contribution in [0.5, 0.6) is 11.5 Å². The minimum atomic E-state index is -5.36. The number of ether oxygens (including phenoxy) is 2. The van der Waals surface area contributed by atoms with Crippen LogP contribution in [0.3, 0.4) is 0 Å². The Morgan fingerprint density at radius 3 is 2.33 bits per heavy atom. The molecule has 1 aromatic rings. The second kappa shape index (κ2) is 5.93. The maximum absolute atomic E-state index is 12.3. The van der Waals surface area contributed by atoms with Gasteiger partial charge in [-0.05, 0) is 19.1 Å². The molecule has 0 fully saturated rings. The van der Waals surface area contributed by atoms with E-state index < -0.39 is 42.4 Å². The smallest absolute Gasteiger partial charge is 0.487 e. The van der Waals surface area contributed by atoms with Crippen molar-refractivity contribution < 1.29 is 36.0 Å². The van der Waals surface area contributed by atoms with Crippen LogP contribution >= 0.6 is 10.7 Å². The fraction of sp³-hybridized carbons (Fsp3) is 0.333. The highest BCUT2D eigenvalue weighted by molar-refractivity contribution is 8.13. The molecule has 0 aliphatic rings. The minimum Gasteiger partial charge on any atom is -0.487 e. The molecule has 0 saturated carbocycles. The van der Waals surface area contributed by atoms with Gasteiger partial charge in [0.2, 0.25) is 11.5 Å². The van der Waals surface area contributed by atoms with Crippen LogP contribution in [0.25, 0.3) is 0 Å². The molecule has 0 aliphatic heterocycles. The average molecular weight is 350 g/mol. The summed E-state index contributed by atoms with van der Waals surface area (Å²) in [6, 6.07) is 1.45. The Morgan fingerprint density at radius 2 is 1.95 bits per heavy atom. The lowest BCUT2D eigenvalue weighted by Crippen LogP contribution is -2.19. The lowest BCUT2D eigenvalue weighted by Gasteiger charge is -2.14. The van der Waals surface area contributed by atoms with E-state index in [2.05, 4.69) is 4.74 Å². The Labute approximate surface area is 120 Å². The van der Waals surface area contributed by atoms with E-state index in [1.165, 1.54) is 6.92 Å². The molecule has 7 nitrogen and oxygen atoms in total. The predicted molar refractivity (Wildman–Crippen MR) is 64.0 cm³/mol. The molecule has 0 atom stereocenters. The summed E-state index contributed by atoms with van der Waals surface area (Å²) < 4.78 is 67.8. The summed E-state index contributed by atoms with van der Waals surface area (Å²) in [4.78, 5) is 8.49. The van der Waals surface area contributed by atoms with Gasteiger partial charge < -0.3 is 9.47 Å². The molecule has 1 aromatic carbocycles. The van der Waals surface area contributed by atoms with Crippen molar-refractivity contribution in [2.75, 3.05) is 6.61 Å². The third kappa shape index (κ3) is 4.36. The van der Waals surface area contributed by atoms with Gasteiger partial charge in [-0.2, -0.15) is 0 Å². The van der Waals surface area contributed by atoms with Crippen LogP contribution in [0.15, 0.2) is 17.0 Å². The summed E-state index contributed by atoms with van der Waals surface area (Å²) in [7, 11) is 0.254. The van der Waals surface area contributed by atoms with Gasteiger partial charge in [0.1, 0.15) is 4.90 Å². The van der Waals surface area contributed by atoms with Gasteiger partial charge in [-0.3, -0.25) is 10.1 Å². The fourth-order valence-corrected chi connectivity index (χ4v) is 2.34. The van der Waals surface area contributed by atoms with E-state index in [1.54, 1.807) is 0 Å². The number of rotatable bonds is 5. The van der Waals surface area contributed by atoms with Crippen LogP contribution in [0.1, 0.15) is 6.92 Å². The second-order valence-electron chi connectivity index (χ2n) is 3.42. The first-order valence-electron chi connectivity index (χ1n) is 5.12. The molecule has 0 aliphatic carbocycles. The molecule has 118 valence electrons. The highest BCUT2D eigenvalue weighted by Gasteiger charge is 2.40. The summed E-state index contributed by atoms with van der Waals surface area (Å²) in [5, 5.41) is 10.9. The van der Waals surface area contributed by atoms with Gasteiger partial charge in [0, 0.05) is 10.7 Å². The number of nitro groups is 1. The van der Waals surface area contributed by atoms with E-state index in [0.29, 0.717) is 6.07 Å². The van der Waals surface area contributed by atoms with Crippen LogP contribution in [-0.2, 0) is 9.05 Å². The number of nitro benzene ring substituents is 1. The Kier molecular flexibility index (Phi) is 4.89. The van der Waals surface area contributed by atoms with Crippen LogP contribution in [-0.4, -0.2) is 26.3 Å². The second-order valence-corrected chi connectivity index (χ2v) is 5.95. The fourth-order valence-electron chi connectivity index (χ4n) is 1.39. The standard InChI is InChI=1S/C9H7ClF3NO6S/c1-2-19-5-3-4-6(21(10,17)18)8(7(5)14(15)16)20-9(11,12)13/h3-4H,2H2,1H3. The van der Waals surface area contributed by atoms with Gasteiger partial charge in [-0.1, -0.05) is 0 Å². The van der Waals surface area contributed by atoms with E-state index in [-0.39, 0.29) is 6.61 Å². The van der Waals surface area contributed by atoms with Crippen molar-refractivity contribution in [3.63, 3.8) is 0 Å². The van der Waals surface area contributed by atoms with Gasteiger partial charge in [0.15, 0.2) is 0 Å². The molecule has 0 saturated heterocycles. The molecule has 1 rings (SSSR count). The quantitative estimate of drug-likeness (QED) is 0.461. The lowest BCUT2D eigenvalue weighted by molar-refractivity contribution is -0.390. The van der Waals surface area contributed by atoms with Gasteiger partial charge in [-0.15, -0.1) is 13.2 Å². The van der Waals surface area contributed by atoms with E-state index in [1.807, 2.05) is 0 Å². The molecule has 0 amide bonds. The van der Waals surface area contributed by atoms with Gasteiger partial charge in [0.25, 0.3) is 9.05 Å². The number of halogens is 4. The van der Waals surface area contributed by atoms with Crippen molar-refractivity contribution in [1.29, 1.82) is 0 Å². The summed E-state index contributed by atoms with van der Waals surface area (Å²) in [5.74, 6) is -2.13. The van der Waals surface area contributed by atoms with Gasteiger partial charge in [0.05, 0.1) is 11.5 Å². The highest BCUT2D eigenvalue weighted by atomic mass is 35.7.